The average molecular weight is 945 g/mol. The highest BCUT2D eigenvalue weighted by atomic mass is 35.5. The first kappa shape index (κ1) is 47.6. The monoisotopic (exact) mass is 943 g/mol. The average Bonchev–Trinajstić information content (AvgIpc) is 3.75. The maximum absolute atomic E-state index is 14.7. The summed E-state index contributed by atoms with van der Waals surface area (Å²) in [5.74, 6) is -0.264. The molecule has 0 aliphatic carbocycles. The molecule has 7 rings (SSSR count). The molecule has 4 aromatic carbocycles. The maximum Gasteiger partial charge on any atom is 0.330 e. The lowest BCUT2D eigenvalue weighted by Crippen LogP contribution is -2.52. The van der Waals surface area contributed by atoms with E-state index in [2.05, 4.69) is 11.1 Å². The number of amides is 2. The summed E-state index contributed by atoms with van der Waals surface area (Å²) < 4.78 is 41.9. The van der Waals surface area contributed by atoms with Crippen molar-refractivity contribution in [2.24, 2.45) is 0 Å². The molecule has 2 aliphatic heterocycles. The highest BCUT2D eigenvalue weighted by Crippen LogP contribution is 2.52. The minimum absolute atomic E-state index is 0.00354. The number of hydrogen-bond acceptors (Lipinski definition) is 12. The fourth-order valence-electron chi connectivity index (χ4n) is 8.32. The molecule has 2 amide bonds. The van der Waals surface area contributed by atoms with Crippen LogP contribution in [0.15, 0.2) is 113 Å². The number of carbonyl (C=O) groups is 2. The number of benzene rings is 4. The largest absolute Gasteiger partial charge is 0.497 e. The molecule has 5 aromatic rings. The summed E-state index contributed by atoms with van der Waals surface area (Å²) >= 11 is 12.8. The van der Waals surface area contributed by atoms with E-state index in [0.29, 0.717) is 22.6 Å². The molecule has 1 unspecified atom stereocenters. The van der Waals surface area contributed by atoms with Crippen LogP contribution in [0, 0.1) is 11.3 Å². The zero-order chi connectivity index (χ0) is 46.6. The van der Waals surface area contributed by atoms with Gasteiger partial charge in [0.2, 0.25) is 0 Å². The van der Waals surface area contributed by atoms with Gasteiger partial charge >= 0.3 is 5.69 Å². The smallest absolute Gasteiger partial charge is 0.330 e. The van der Waals surface area contributed by atoms with Crippen molar-refractivity contribution in [3.63, 3.8) is 0 Å². The number of fused-ring (bicyclic) bond motifs is 1. The summed E-state index contributed by atoms with van der Waals surface area (Å²) in [4.78, 5) is 58.8. The van der Waals surface area contributed by atoms with Gasteiger partial charge in [-0.3, -0.25) is 28.8 Å². The van der Waals surface area contributed by atoms with Gasteiger partial charge in [-0.05, 0) is 80.8 Å². The number of carbonyl (C=O) groups excluding carboxylic acids is 2. The summed E-state index contributed by atoms with van der Waals surface area (Å²) in [6.07, 6.45) is -2.65. The van der Waals surface area contributed by atoms with Crippen molar-refractivity contribution in [1.82, 2.24) is 19.1 Å². The first-order valence-corrected chi connectivity index (χ1v) is 22.7. The normalized spacial score (nSPS) is 19.0. The van der Waals surface area contributed by atoms with Gasteiger partial charge in [-0.2, -0.15) is 5.26 Å². The highest BCUT2D eigenvalue weighted by molar-refractivity contribution is 7.44. The quantitative estimate of drug-likeness (QED) is 0.0388. The minimum atomic E-state index is -2.09. The minimum Gasteiger partial charge on any atom is -0.497 e. The number of nitrogens with one attached hydrogen (secondary N) is 1. The molecular weight excluding hydrogens is 896 g/mol. The van der Waals surface area contributed by atoms with Crippen LogP contribution in [0.2, 0.25) is 10.0 Å². The third-order valence-electron chi connectivity index (χ3n) is 11.2. The second-order valence-electron chi connectivity index (χ2n) is 15.8. The molecule has 1 saturated heterocycles. The Bertz CT molecular complexity index is 2560. The van der Waals surface area contributed by atoms with Gasteiger partial charge in [0.15, 0.2) is 6.23 Å². The number of ether oxygens (including phenoxy) is 4. The van der Waals surface area contributed by atoms with Crippen LogP contribution in [0.25, 0.3) is 0 Å². The van der Waals surface area contributed by atoms with Gasteiger partial charge in [-0.25, -0.2) is 9.46 Å². The van der Waals surface area contributed by atoms with Crippen molar-refractivity contribution >= 4 is 43.5 Å². The van der Waals surface area contributed by atoms with E-state index < -0.39 is 61.7 Å². The van der Waals surface area contributed by atoms with E-state index in [1.165, 1.54) is 18.3 Å². The molecule has 15 nitrogen and oxygen atoms in total. The molecule has 5 atom stereocenters. The van der Waals surface area contributed by atoms with Gasteiger partial charge in [-0.15, -0.1) is 0 Å². The molecule has 18 heteroatoms. The van der Waals surface area contributed by atoms with E-state index in [1.807, 2.05) is 111 Å². The van der Waals surface area contributed by atoms with Crippen molar-refractivity contribution < 1.29 is 37.6 Å². The lowest BCUT2D eigenvalue weighted by atomic mass is 9.80. The molecule has 0 saturated carbocycles. The summed E-state index contributed by atoms with van der Waals surface area (Å²) in [6.45, 7) is 7.58. The van der Waals surface area contributed by atoms with Crippen molar-refractivity contribution in [2.45, 2.75) is 76.3 Å². The molecular formula is C47H48Cl2N5O10P. The van der Waals surface area contributed by atoms with E-state index >= 15 is 0 Å². The Morgan fingerprint density at radius 1 is 0.815 bits per heavy atom. The number of aromatic amines is 1. The number of nitriles is 1. The van der Waals surface area contributed by atoms with Gasteiger partial charge in [0, 0.05) is 24.3 Å². The SMILES string of the molecule is COc1ccc(C(OC[C@H]2O[C@@H](n3ccc(=O)[nH]c3=O)[C@H](N3C(=O)c4cc(Cl)c(Cl)cc4C3=O)[C@@H]2OP(OCCC#N)N(C(C)C)C(C)C)(c2ccccc2)c2ccc(OC)cc2)cc1. The van der Waals surface area contributed by atoms with Crippen molar-refractivity contribution in [2.75, 3.05) is 27.4 Å². The Balaban J connectivity index is 1.44. The van der Waals surface area contributed by atoms with Crippen LogP contribution >= 0.6 is 31.7 Å². The maximum atomic E-state index is 14.7. The lowest BCUT2D eigenvalue weighted by molar-refractivity contribution is -0.0932. The third-order valence-corrected chi connectivity index (χ3v) is 14.1. The molecule has 1 N–H and O–H groups in total. The van der Waals surface area contributed by atoms with Crippen molar-refractivity contribution in [3.8, 4) is 17.6 Å². The number of nitrogens with zero attached hydrogens (tertiary/aromatic N) is 4. The number of methoxy groups -OCH3 is 2. The number of imide groups is 1. The molecule has 0 radical (unpaired) electrons. The van der Waals surface area contributed by atoms with E-state index in [9.17, 15) is 24.4 Å². The van der Waals surface area contributed by atoms with Crippen LogP contribution in [0.4, 0.5) is 0 Å². The van der Waals surface area contributed by atoms with Crippen LogP contribution in [0.1, 0.15) is 77.8 Å². The second kappa shape index (κ2) is 20.4. The predicted molar refractivity (Wildman–Crippen MR) is 244 cm³/mol. The molecule has 340 valence electrons. The summed E-state index contributed by atoms with van der Waals surface area (Å²) in [6, 6.07) is 28.6. The first-order chi connectivity index (χ1) is 31.2. The molecule has 65 heavy (non-hydrogen) atoms. The zero-order valence-corrected chi connectivity index (χ0v) is 38.9. The Labute approximate surface area is 387 Å². The second-order valence-corrected chi connectivity index (χ2v) is 18.0. The van der Waals surface area contributed by atoms with Crippen LogP contribution < -0.4 is 20.7 Å². The standard InChI is InChI=1S/C47H48Cl2N5O10P/c1-28(2)54(29(3)4)65(62-24-10-22-50)64-42-39(27-61-47(30-11-8-7-9-12-30,31-13-17-33(59-5)18-14-31)32-15-19-34(60-6)20-16-32)63-45(52-23-21-40(55)51-46(52)58)41(42)53-43(56)35-25-37(48)38(49)26-36(35)44(53)57/h7-9,11-21,23,25-26,28-29,39,41-42,45H,10,24,27H2,1-6H3,(H,51,55,58)/t39-,41-,42-,45-,65?/m1/s1. The number of hydrogen-bond donors (Lipinski definition) is 1. The Morgan fingerprint density at radius 2 is 1.35 bits per heavy atom. The van der Waals surface area contributed by atoms with Gasteiger partial charge < -0.3 is 28.0 Å². The molecule has 1 aromatic heterocycles. The fourth-order valence-corrected chi connectivity index (χ4v) is 10.4. The van der Waals surface area contributed by atoms with Crippen LogP contribution in [0.3, 0.4) is 0 Å². The molecule has 3 heterocycles. The van der Waals surface area contributed by atoms with Gasteiger partial charge in [0.25, 0.3) is 25.9 Å². The van der Waals surface area contributed by atoms with Crippen LogP contribution in [-0.4, -0.2) is 88.7 Å². The topological polar surface area (TPSA) is 175 Å². The summed E-state index contributed by atoms with van der Waals surface area (Å²) in [5, 5.41) is 9.64. The molecule has 2 aliphatic rings. The van der Waals surface area contributed by atoms with E-state index in [0.717, 1.165) is 21.1 Å². The molecule has 0 spiro atoms. The van der Waals surface area contributed by atoms with Gasteiger partial charge in [0.05, 0.1) is 61.1 Å². The number of halogens is 2. The van der Waals surface area contributed by atoms with Crippen LogP contribution in [-0.2, 0) is 24.1 Å². The first-order valence-electron chi connectivity index (χ1n) is 20.8. The Kier molecular flexibility index (Phi) is 14.9. The number of H-pyrrole nitrogens is 1. The Hall–Kier alpha value is -5.40. The third kappa shape index (κ3) is 9.50. The fraction of sp³-hybridized carbons (Fsp3) is 0.340. The molecule has 0 bridgehead atoms. The highest BCUT2D eigenvalue weighted by Gasteiger charge is 2.57. The predicted octanol–water partition coefficient (Wildman–Crippen LogP) is 8.09. The van der Waals surface area contributed by atoms with Crippen molar-refractivity contribution in [3.05, 3.63) is 162 Å². The molecule has 1 fully saturated rings. The number of aromatic nitrogens is 2. The van der Waals surface area contributed by atoms with Gasteiger partial charge in [-0.1, -0.05) is 77.8 Å². The van der Waals surface area contributed by atoms with E-state index in [1.54, 1.807) is 14.2 Å². The zero-order valence-electron chi connectivity index (χ0n) is 36.5. The number of rotatable bonds is 18. The Morgan fingerprint density at radius 3 is 1.85 bits per heavy atom. The summed E-state index contributed by atoms with van der Waals surface area (Å²) in [7, 11) is 1.06. The van der Waals surface area contributed by atoms with Gasteiger partial charge in [0.1, 0.15) is 35.3 Å². The van der Waals surface area contributed by atoms with E-state index in [4.69, 9.17) is 51.2 Å². The van der Waals surface area contributed by atoms with E-state index in [-0.39, 0.29) is 52.9 Å². The van der Waals surface area contributed by atoms with Crippen LogP contribution in [0.5, 0.6) is 11.5 Å². The lowest BCUT2D eigenvalue weighted by Gasteiger charge is -2.40. The summed E-state index contributed by atoms with van der Waals surface area (Å²) in [5.41, 5.74) is -0.804. The van der Waals surface area contributed by atoms with Crippen molar-refractivity contribution in [1.29, 1.82) is 5.26 Å².